The fraction of sp³-hybridized carbons (Fsp3) is 0.647. The number of rotatable bonds is 7. The molecule has 0 aromatic heterocycles. The van der Waals surface area contributed by atoms with Gasteiger partial charge in [0.1, 0.15) is 0 Å². The number of hydrogen-bond acceptors (Lipinski definition) is 3. The molecule has 1 aliphatic heterocycles. The molecule has 1 N–H and O–H groups in total. The summed E-state index contributed by atoms with van der Waals surface area (Å²) in [4.78, 5) is 2.53. The summed E-state index contributed by atoms with van der Waals surface area (Å²) >= 11 is 2.09. The first-order chi connectivity index (χ1) is 9.66. The van der Waals surface area contributed by atoms with E-state index in [2.05, 4.69) is 67.1 Å². The van der Waals surface area contributed by atoms with Gasteiger partial charge in [-0.05, 0) is 42.8 Å². The number of hydrogen-bond donors (Lipinski definition) is 1. The molecule has 2 nitrogen and oxygen atoms in total. The number of nitrogens with one attached hydrogen (secondary N) is 1. The van der Waals surface area contributed by atoms with Crippen molar-refractivity contribution in [3.63, 3.8) is 0 Å². The second-order valence-corrected chi connectivity index (χ2v) is 7.38. The summed E-state index contributed by atoms with van der Waals surface area (Å²) in [6.45, 7) is 7.66. The Labute approximate surface area is 128 Å². The molecule has 0 amide bonds. The monoisotopic (exact) mass is 292 g/mol. The third kappa shape index (κ3) is 4.80. The van der Waals surface area contributed by atoms with Crippen LogP contribution in [0.15, 0.2) is 24.3 Å². The van der Waals surface area contributed by atoms with Crippen LogP contribution in [0.25, 0.3) is 0 Å². The Hall–Kier alpha value is -0.510. The minimum atomic E-state index is 0.709. The summed E-state index contributed by atoms with van der Waals surface area (Å²) in [5.41, 5.74) is 2.92. The van der Waals surface area contributed by atoms with E-state index in [4.69, 9.17) is 0 Å². The highest BCUT2D eigenvalue weighted by atomic mass is 32.2. The van der Waals surface area contributed by atoms with Gasteiger partial charge in [-0.3, -0.25) is 4.90 Å². The van der Waals surface area contributed by atoms with E-state index in [1.54, 1.807) is 0 Å². The molecule has 20 heavy (non-hydrogen) atoms. The molecule has 1 fully saturated rings. The first kappa shape index (κ1) is 15.9. The van der Waals surface area contributed by atoms with Gasteiger partial charge in [-0.1, -0.05) is 38.1 Å². The van der Waals surface area contributed by atoms with Gasteiger partial charge >= 0.3 is 0 Å². The lowest BCUT2D eigenvalue weighted by Crippen LogP contribution is -2.31. The first-order valence-electron chi connectivity index (χ1n) is 7.72. The Morgan fingerprint density at radius 1 is 1.30 bits per heavy atom. The van der Waals surface area contributed by atoms with E-state index in [1.807, 2.05) is 0 Å². The van der Waals surface area contributed by atoms with Crippen LogP contribution in [-0.4, -0.2) is 36.0 Å². The normalized spacial score (nSPS) is 19.1. The molecule has 1 saturated heterocycles. The van der Waals surface area contributed by atoms with Crippen LogP contribution < -0.4 is 5.32 Å². The Bertz CT molecular complexity index is 400. The fourth-order valence-corrected chi connectivity index (χ4v) is 3.95. The minimum absolute atomic E-state index is 0.709. The summed E-state index contributed by atoms with van der Waals surface area (Å²) in [7, 11) is 2.27. The third-order valence-corrected chi connectivity index (χ3v) is 5.08. The van der Waals surface area contributed by atoms with Crippen molar-refractivity contribution >= 4 is 11.8 Å². The van der Waals surface area contributed by atoms with Crippen LogP contribution in [-0.2, 0) is 13.1 Å². The first-order valence-corrected chi connectivity index (χ1v) is 8.87. The zero-order valence-electron chi connectivity index (χ0n) is 13.1. The van der Waals surface area contributed by atoms with Gasteiger partial charge in [-0.15, -0.1) is 0 Å². The highest BCUT2D eigenvalue weighted by molar-refractivity contribution is 7.99. The topological polar surface area (TPSA) is 15.3 Å². The van der Waals surface area contributed by atoms with Gasteiger partial charge < -0.3 is 5.32 Å². The molecular weight excluding hydrogens is 264 g/mol. The highest BCUT2D eigenvalue weighted by Gasteiger charge is 2.20. The van der Waals surface area contributed by atoms with Crippen LogP contribution in [0.5, 0.6) is 0 Å². The SMILES string of the molecule is CC(C)CNCc1ccccc1CN(C)C1CCSC1. The highest BCUT2D eigenvalue weighted by Crippen LogP contribution is 2.23. The molecule has 1 unspecified atom stereocenters. The van der Waals surface area contributed by atoms with Gasteiger partial charge in [0.15, 0.2) is 0 Å². The fourth-order valence-electron chi connectivity index (χ4n) is 2.65. The molecule has 1 atom stereocenters. The molecule has 2 rings (SSSR count). The van der Waals surface area contributed by atoms with Crippen molar-refractivity contribution < 1.29 is 0 Å². The molecule has 0 saturated carbocycles. The van der Waals surface area contributed by atoms with Crippen molar-refractivity contribution in [2.75, 3.05) is 25.1 Å². The molecule has 0 radical (unpaired) electrons. The lowest BCUT2D eigenvalue weighted by Gasteiger charge is -2.24. The maximum Gasteiger partial charge on any atom is 0.0237 e. The zero-order valence-corrected chi connectivity index (χ0v) is 13.9. The van der Waals surface area contributed by atoms with Crippen LogP contribution in [0.4, 0.5) is 0 Å². The molecule has 0 aliphatic carbocycles. The number of nitrogens with zero attached hydrogens (tertiary/aromatic N) is 1. The third-order valence-electron chi connectivity index (χ3n) is 3.94. The van der Waals surface area contributed by atoms with Crippen LogP contribution in [0.1, 0.15) is 31.4 Å². The quantitative estimate of drug-likeness (QED) is 0.829. The molecule has 1 aromatic rings. The molecule has 1 aliphatic rings. The maximum atomic E-state index is 3.56. The summed E-state index contributed by atoms with van der Waals surface area (Å²) in [6, 6.07) is 9.63. The largest absolute Gasteiger partial charge is 0.312 e. The molecule has 112 valence electrons. The van der Waals surface area contributed by atoms with Gasteiger partial charge in [-0.2, -0.15) is 11.8 Å². The van der Waals surface area contributed by atoms with Crippen molar-refractivity contribution in [3.8, 4) is 0 Å². The Balaban J connectivity index is 1.92. The Morgan fingerprint density at radius 3 is 2.70 bits per heavy atom. The van der Waals surface area contributed by atoms with E-state index in [1.165, 1.54) is 29.1 Å². The van der Waals surface area contributed by atoms with Crippen LogP contribution in [0.3, 0.4) is 0 Å². The van der Waals surface area contributed by atoms with Gasteiger partial charge in [0, 0.05) is 24.9 Å². The van der Waals surface area contributed by atoms with Crippen molar-refractivity contribution in [1.82, 2.24) is 10.2 Å². The average Bonchev–Trinajstić information content (AvgIpc) is 2.94. The minimum Gasteiger partial charge on any atom is -0.312 e. The Kier molecular flexibility index (Phi) is 6.40. The van der Waals surface area contributed by atoms with Gasteiger partial charge in [0.2, 0.25) is 0 Å². The lowest BCUT2D eigenvalue weighted by molar-refractivity contribution is 0.253. The zero-order chi connectivity index (χ0) is 14.4. The maximum absolute atomic E-state index is 3.56. The van der Waals surface area contributed by atoms with Gasteiger partial charge in [0.25, 0.3) is 0 Å². The molecular formula is C17H28N2S. The van der Waals surface area contributed by atoms with Crippen molar-refractivity contribution in [2.45, 2.75) is 39.4 Å². The predicted octanol–water partition coefficient (Wildman–Crippen LogP) is 3.37. The Morgan fingerprint density at radius 2 is 2.05 bits per heavy atom. The smallest absolute Gasteiger partial charge is 0.0237 e. The van der Waals surface area contributed by atoms with E-state index in [0.717, 1.165) is 25.7 Å². The van der Waals surface area contributed by atoms with Crippen molar-refractivity contribution in [1.29, 1.82) is 0 Å². The van der Waals surface area contributed by atoms with E-state index >= 15 is 0 Å². The van der Waals surface area contributed by atoms with Gasteiger partial charge in [0.05, 0.1) is 0 Å². The second kappa shape index (κ2) is 8.06. The summed E-state index contributed by atoms with van der Waals surface area (Å²) in [5, 5.41) is 3.56. The van der Waals surface area contributed by atoms with E-state index in [0.29, 0.717) is 5.92 Å². The van der Waals surface area contributed by atoms with Gasteiger partial charge in [-0.25, -0.2) is 0 Å². The van der Waals surface area contributed by atoms with Crippen LogP contribution >= 0.6 is 11.8 Å². The molecule has 1 heterocycles. The lowest BCUT2D eigenvalue weighted by atomic mass is 10.1. The van der Waals surface area contributed by atoms with E-state index in [-0.39, 0.29) is 0 Å². The van der Waals surface area contributed by atoms with E-state index in [9.17, 15) is 0 Å². The molecule has 0 spiro atoms. The molecule has 1 aromatic carbocycles. The van der Waals surface area contributed by atoms with E-state index < -0.39 is 0 Å². The standard InChI is InChI=1S/C17H28N2S/c1-14(2)10-18-11-15-6-4-5-7-16(15)12-19(3)17-8-9-20-13-17/h4-7,14,17-18H,8-13H2,1-3H3. The van der Waals surface area contributed by atoms with Crippen LogP contribution in [0.2, 0.25) is 0 Å². The second-order valence-electron chi connectivity index (χ2n) is 6.23. The average molecular weight is 292 g/mol. The van der Waals surface area contributed by atoms with Crippen molar-refractivity contribution in [3.05, 3.63) is 35.4 Å². The molecule has 3 heteroatoms. The number of benzene rings is 1. The number of thioether (sulfide) groups is 1. The summed E-state index contributed by atoms with van der Waals surface area (Å²) < 4.78 is 0. The van der Waals surface area contributed by atoms with Crippen molar-refractivity contribution in [2.24, 2.45) is 5.92 Å². The molecule has 0 bridgehead atoms. The van der Waals surface area contributed by atoms with Crippen LogP contribution in [0, 0.1) is 5.92 Å². The summed E-state index contributed by atoms with van der Waals surface area (Å²) in [5.74, 6) is 3.33. The predicted molar refractivity (Wildman–Crippen MR) is 90.2 cm³/mol. The summed E-state index contributed by atoms with van der Waals surface area (Å²) in [6.07, 6.45) is 1.34.